The molecular formula is C22H23N3O3S2. The number of pyridine rings is 1. The molecule has 2 aromatic heterocycles. The molecule has 1 fully saturated rings. The summed E-state index contributed by atoms with van der Waals surface area (Å²) in [6, 6.07) is 11.4. The SMILES string of the molecule is O=C(Cc1csc(-c2cccnc2)n1)Nc1cccc(CS(=O)C2CCOCC2)c1. The van der Waals surface area contributed by atoms with Crippen LogP contribution in [0.5, 0.6) is 0 Å². The zero-order chi connectivity index (χ0) is 20.8. The fourth-order valence-corrected chi connectivity index (χ4v) is 5.61. The first-order chi connectivity index (χ1) is 14.7. The van der Waals surface area contributed by atoms with Crippen LogP contribution in [-0.4, -0.2) is 38.5 Å². The highest BCUT2D eigenvalue weighted by Crippen LogP contribution is 2.23. The van der Waals surface area contributed by atoms with Crippen LogP contribution >= 0.6 is 11.3 Å². The third-order valence-electron chi connectivity index (χ3n) is 4.86. The van der Waals surface area contributed by atoms with E-state index in [0.29, 0.717) is 24.7 Å². The molecule has 0 bridgehead atoms. The van der Waals surface area contributed by atoms with E-state index in [1.165, 1.54) is 11.3 Å². The molecule has 8 heteroatoms. The molecular weight excluding hydrogens is 418 g/mol. The Kier molecular flexibility index (Phi) is 6.99. The first-order valence-corrected chi connectivity index (χ1v) is 12.1. The van der Waals surface area contributed by atoms with Crippen LogP contribution in [-0.2, 0) is 32.5 Å². The summed E-state index contributed by atoms with van der Waals surface area (Å²) < 4.78 is 18.0. The normalized spacial score (nSPS) is 15.6. The third kappa shape index (κ3) is 5.59. The van der Waals surface area contributed by atoms with Crippen molar-refractivity contribution in [3.05, 3.63) is 65.4 Å². The summed E-state index contributed by atoms with van der Waals surface area (Å²) in [7, 11) is -0.932. The molecule has 30 heavy (non-hydrogen) atoms. The maximum atomic E-state index is 12.6. The number of hydrogen-bond acceptors (Lipinski definition) is 6. The summed E-state index contributed by atoms with van der Waals surface area (Å²) in [6.45, 7) is 1.37. The van der Waals surface area contributed by atoms with Gasteiger partial charge in [-0.1, -0.05) is 12.1 Å². The largest absolute Gasteiger partial charge is 0.381 e. The fourth-order valence-electron chi connectivity index (χ4n) is 3.34. The van der Waals surface area contributed by atoms with Crippen molar-refractivity contribution >= 4 is 33.7 Å². The summed E-state index contributed by atoms with van der Waals surface area (Å²) in [5.74, 6) is 0.371. The molecule has 1 unspecified atom stereocenters. The van der Waals surface area contributed by atoms with E-state index in [-0.39, 0.29) is 17.6 Å². The van der Waals surface area contributed by atoms with Crippen molar-refractivity contribution in [3.63, 3.8) is 0 Å². The Morgan fingerprint density at radius 3 is 2.90 bits per heavy atom. The molecule has 0 spiro atoms. The van der Waals surface area contributed by atoms with E-state index >= 15 is 0 Å². The highest BCUT2D eigenvalue weighted by Gasteiger charge is 2.20. The lowest BCUT2D eigenvalue weighted by atomic mass is 10.2. The molecule has 1 N–H and O–H groups in total. The number of thiazole rings is 1. The van der Waals surface area contributed by atoms with E-state index in [0.717, 1.165) is 34.7 Å². The van der Waals surface area contributed by atoms with Crippen LogP contribution in [0.3, 0.4) is 0 Å². The third-order valence-corrected chi connectivity index (χ3v) is 7.63. The molecule has 1 atom stereocenters. The predicted molar refractivity (Wildman–Crippen MR) is 120 cm³/mol. The van der Waals surface area contributed by atoms with Crippen molar-refractivity contribution in [2.24, 2.45) is 0 Å². The number of rotatable bonds is 7. The van der Waals surface area contributed by atoms with Crippen molar-refractivity contribution in [1.82, 2.24) is 9.97 Å². The number of nitrogens with zero attached hydrogens (tertiary/aromatic N) is 2. The maximum Gasteiger partial charge on any atom is 0.230 e. The van der Waals surface area contributed by atoms with Crippen LogP contribution in [0.4, 0.5) is 5.69 Å². The highest BCUT2D eigenvalue weighted by atomic mass is 32.2. The van der Waals surface area contributed by atoms with Crippen molar-refractivity contribution in [2.45, 2.75) is 30.3 Å². The van der Waals surface area contributed by atoms with Gasteiger partial charge in [0.15, 0.2) is 0 Å². The molecule has 0 saturated carbocycles. The van der Waals surface area contributed by atoms with E-state index < -0.39 is 10.8 Å². The number of aromatic nitrogens is 2. The first-order valence-electron chi connectivity index (χ1n) is 9.86. The van der Waals surface area contributed by atoms with E-state index in [9.17, 15) is 9.00 Å². The summed E-state index contributed by atoms with van der Waals surface area (Å²) in [5.41, 5.74) is 3.35. The number of nitrogens with one attached hydrogen (secondary N) is 1. The van der Waals surface area contributed by atoms with Gasteiger partial charge in [-0.15, -0.1) is 11.3 Å². The van der Waals surface area contributed by atoms with Gasteiger partial charge in [0.1, 0.15) is 5.01 Å². The van der Waals surface area contributed by atoms with Crippen LogP contribution < -0.4 is 5.32 Å². The number of anilines is 1. The van der Waals surface area contributed by atoms with Crippen LogP contribution in [0.1, 0.15) is 24.1 Å². The van der Waals surface area contributed by atoms with Crippen LogP contribution in [0, 0.1) is 0 Å². The maximum absolute atomic E-state index is 12.6. The molecule has 6 nitrogen and oxygen atoms in total. The molecule has 1 aliphatic rings. The Labute approximate surface area is 182 Å². The number of ether oxygens (including phenoxy) is 1. The molecule has 3 aromatic rings. The molecule has 3 heterocycles. The van der Waals surface area contributed by atoms with Gasteiger partial charge in [-0.25, -0.2) is 4.98 Å². The predicted octanol–water partition coefficient (Wildman–Crippen LogP) is 3.81. The molecule has 1 saturated heterocycles. The Balaban J connectivity index is 1.34. The second-order valence-corrected chi connectivity index (χ2v) is 9.72. The monoisotopic (exact) mass is 441 g/mol. The Morgan fingerprint density at radius 1 is 1.23 bits per heavy atom. The molecule has 1 aliphatic heterocycles. The fraction of sp³-hybridized carbons (Fsp3) is 0.318. The van der Waals surface area contributed by atoms with E-state index in [1.54, 1.807) is 12.4 Å². The Hall–Kier alpha value is -2.42. The summed E-state index contributed by atoms with van der Waals surface area (Å²) in [5, 5.41) is 5.87. The van der Waals surface area contributed by atoms with Gasteiger partial charge in [-0.3, -0.25) is 14.0 Å². The van der Waals surface area contributed by atoms with Crippen molar-refractivity contribution in [1.29, 1.82) is 0 Å². The Morgan fingerprint density at radius 2 is 2.10 bits per heavy atom. The molecule has 0 aliphatic carbocycles. The molecule has 1 amide bonds. The lowest BCUT2D eigenvalue weighted by molar-refractivity contribution is -0.115. The van der Waals surface area contributed by atoms with Gasteiger partial charge in [0.25, 0.3) is 0 Å². The standard InChI is InChI=1S/C22H23N3O3S2/c26-21(12-19-14-29-22(25-19)17-4-2-8-23-13-17)24-18-5-1-3-16(11-18)15-30(27)20-6-9-28-10-7-20/h1-5,8,11,13-14,20H,6-7,9-10,12,15H2,(H,24,26). The second kappa shape index (κ2) is 10.1. The van der Waals surface area contributed by atoms with Gasteiger partial charge in [0, 0.05) is 64.0 Å². The number of hydrogen-bond donors (Lipinski definition) is 1. The highest BCUT2D eigenvalue weighted by molar-refractivity contribution is 7.84. The molecule has 1 aromatic carbocycles. The number of carbonyl (C=O) groups is 1. The van der Waals surface area contributed by atoms with Crippen molar-refractivity contribution < 1.29 is 13.7 Å². The lowest BCUT2D eigenvalue weighted by Gasteiger charge is -2.21. The van der Waals surface area contributed by atoms with Crippen LogP contribution in [0.25, 0.3) is 10.6 Å². The molecule has 4 rings (SSSR count). The van der Waals surface area contributed by atoms with Crippen molar-refractivity contribution in [3.8, 4) is 10.6 Å². The van der Waals surface area contributed by atoms with Crippen LogP contribution in [0.2, 0.25) is 0 Å². The number of carbonyl (C=O) groups excluding carboxylic acids is 1. The van der Waals surface area contributed by atoms with E-state index in [2.05, 4.69) is 15.3 Å². The second-order valence-electron chi connectivity index (χ2n) is 7.15. The van der Waals surface area contributed by atoms with Gasteiger partial charge in [-0.2, -0.15) is 0 Å². The quantitative estimate of drug-likeness (QED) is 0.603. The minimum atomic E-state index is -0.932. The minimum absolute atomic E-state index is 0.124. The average Bonchev–Trinajstić information content (AvgIpc) is 3.23. The summed E-state index contributed by atoms with van der Waals surface area (Å²) in [4.78, 5) is 21.1. The minimum Gasteiger partial charge on any atom is -0.381 e. The first kappa shape index (κ1) is 20.8. The van der Waals surface area contributed by atoms with Gasteiger partial charge in [0.2, 0.25) is 5.91 Å². The molecule has 156 valence electrons. The van der Waals surface area contributed by atoms with Crippen molar-refractivity contribution in [2.75, 3.05) is 18.5 Å². The Bertz CT molecular complexity index is 1020. The topological polar surface area (TPSA) is 81.2 Å². The summed E-state index contributed by atoms with van der Waals surface area (Å²) >= 11 is 1.50. The number of amides is 1. The van der Waals surface area contributed by atoms with Gasteiger partial charge in [-0.05, 0) is 42.7 Å². The lowest BCUT2D eigenvalue weighted by Crippen LogP contribution is -2.25. The average molecular weight is 442 g/mol. The van der Waals surface area contributed by atoms with Gasteiger partial charge < -0.3 is 10.1 Å². The zero-order valence-corrected chi connectivity index (χ0v) is 18.1. The van der Waals surface area contributed by atoms with Gasteiger partial charge >= 0.3 is 0 Å². The van der Waals surface area contributed by atoms with Crippen LogP contribution in [0.15, 0.2) is 54.2 Å². The smallest absolute Gasteiger partial charge is 0.230 e. The summed E-state index contributed by atoms with van der Waals surface area (Å²) in [6.07, 6.45) is 5.38. The number of benzene rings is 1. The molecule has 0 radical (unpaired) electrons. The van der Waals surface area contributed by atoms with Gasteiger partial charge in [0.05, 0.1) is 12.1 Å². The zero-order valence-electron chi connectivity index (χ0n) is 16.5. The van der Waals surface area contributed by atoms with E-state index in [1.807, 2.05) is 41.8 Å². The van der Waals surface area contributed by atoms with E-state index in [4.69, 9.17) is 4.74 Å².